The number of nitrogens with zero attached hydrogens (tertiary/aromatic N) is 2. The second-order valence-corrected chi connectivity index (χ2v) is 3.64. The maximum atomic E-state index is 11.0. The van der Waals surface area contributed by atoms with Gasteiger partial charge in [-0.05, 0) is 12.3 Å². The average Bonchev–Trinajstić information content (AvgIpc) is 2.52. The molecule has 1 aliphatic rings. The van der Waals surface area contributed by atoms with Gasteiger partial charge in [-0.1, -0.05) is 6.92 Å². The van der Waals surface area contributed by atoms with Crippen molar-refractivity contribution in [2.45, 2.75) is 13.3 Å². The first-order chi connectivity index (χ1) is 6.25. The van der Waals surface area contributed by atoms with E-state index in [1.807, 2.05) is 0 Å². The Kier molecular flexibility index (Phi) is 2.04. The molecule has 0 saturated carbocycles. The smallest absolute Gasteiger partial charge is 0.266 e. The maximum absolute atomic E-state index is 11.0. The summed E-state index contributed by atoms with van der Waals surface area (Å²) in [7, 11) is 0. The third-order valence-electron chi connectivity index (χ3n) is 2.44. The van der Waals surface area contributed by atoms with Gasteiger partial charge in [0.2, 0.25) is 0 Å². The van der Waals surface area contributed by atoms with Gasteiger partial charge in [-0.25, -0.2) is 5.10 Å². The third-order valence-corrected chi connectivity index (χ3v) is 2.44. The molecule has 2 rings (SSSR count). The SMILES string of the molecule is CC1CCN(c2cn[nH]c(=O)c2)C1. The Balaban J connectivity index is 2.21. The van der Waals surface area contributed by atoms with Crippen molar-refractivity contribution in [2.75, 3.05) is 18.0 Å². The van der Waals surface area contributed by atoms with Crippen molar-refractivity contribution in [3.05, 3.63) is 22.6 Å². The average molecular weight is 179 g/mol. The Bertz CT molecular complexity index is 347. The molecule has 1 aromatic heterocycles. The van der Waals surface area contributed by atoms with Crippen LogP contribution in [0.3, 0.4) is 0 Å². The van der Waals surface area contributed by atoms with Gasteiger partial charge in [-0.2, -0.15) is 5.10 Å². The van der Waals surface area contributed by atoms with Gasteiger partial charge in [0.05, 0.1) is 11.9 Å². The highest BCUT2D eigenvalue weighted by atomic mass is 16.1. The Morgan fingerprint density at radius 2 is 2.54 bits per heavy atom. The maximum Gasteiger partial charge on any atom is 0.266 e. The van der Waals surface area contributed by atoms with Crippen molar-refractivity contribution in [1.82, 2.24) is 10.2 Å². The van der Waals surface area contributed by atoms with E-state index >= 15 is 0 Å². The first-order valence-electron chi connectivity index (χ1n) is 4.55. The van der Waals surface area contributed by atoms with E-state index in [1.165, 1.54) is 6.42 Å². The van der Waals surface area contributed by atoms with Crippen molar-refractivity contribution in [3.8, 4) is 0 Å². The highest BCUT2D eigenvalue weighted by Gasteiger charge is 2.18. The Morgan fingerprint density at radius 3 is 3.15 bits per heavy atom. The molecular formula is C9H13N3O. The second-order valence-electron chi connectivity index (χ2n) is 3.64. The summed E-state index contributed by atoms with van der Waals surface area (Å²) in [5.74, 6) is 0.722. The first kappa shape index (κ1) is 8.29. The molecule has 0 aromatic carbocycles. The minimum Gasteiger partial charge on any atom is -0.370 e. The highest BCUT2D eigenvalue weighted by molar-refractivity contribution is 5.43. The zero-order valence-electron chi connectivity index (χ0n) is 7.66. The molecule has 1 N–H and O–H groups in total. The van der Waals surface area contributed by atoms with Crippen LogP contribution in [0.2, 0.25) is 0 Å². The van der Waals surface area contributed by atoms with E-state index in [4.69, 9.17) is 0 Å². The lowest BCUT2D eigenvalue weighted by Gasteiger charge is -2.16. The molecule has 1 saturated heterocycles. The number of hydrogen-bond donors (Lipinski definition) is 1. The van der Waals surface area contributed by atoms with E-state index in [9.17, 15) is 4.79 Å². The summed E-state index contributed by atoms with van der Waals surface area (Å²) in [6, 6.07) is 1.60. The molecule has 70 valence electrons. The van der Waals surface area contributed by atoms with Gasteiger partial charge < -0.3 is 4.90 Å². The van der Waals surface area contributed by atoms with Gasteiger partial charge >= 0.3 is 0 Å². The number of aromatic amines is 1. The van der Waals surface area contributed by atoms with Crippen LogP contribution in [0.1, 0.15) is 13.3 Å². The summed E-state index contributed by atoms with van der Waals surface area (Å²) >= 11 is 0. The number of H-pyrrole nitrogens is 1. The summed E-state index contributed by atoms with van der Waals surface area (Å²) in [5, 5.41) is 6.15. The number of rotatable bonds is 1. The van der Waals surface area contributed by atoms with E-state index in [0.29, 0.717) is 0 Å². The normalized spacial score (nSPS) is 22.2. The Morgan fingerprint density at radius 1 is 1.69 bits per heavy atom. The molecule has 1 unspecified atom stereocenters. The van der Waals surface area contributed by atoms with Crippen LogP contribution in [-0.2, 0) is 0 Å². The fraction of sp³-hybridized carbons (Fsp3) is 0.556. The quantitative estimate of drug-likeness (QED) is 0.687. The van der Waals surface area contributed by atoms with E-state index in [-0.39, 0.29) is 5.56 Å². The van der Waals surface area contributed by atoms with Crippen LogP contribution in [-0.4, -0.2) is 23.3 Å². The third kappa shape index (κ3) is 1.71. The molecule has 1 aromatic rings. The van der Waals surface area contributed by atoms with E-state index in [1.54, 1.807) is 12.3 Å². The lowest BCUT2D eigenvalue weighted by atomic mass is 10.2. The highest BCUT2D eigenvalue weighted by Crippen LogP contribution is 2.20. The predicted molar refractivity (Wildman–Crippen MR) is 50.9 cm³/mol. The van der Waals surface area contributed by atoms with E-state index in [2.05, 4.69) is 22.0 Å². The summed E-state index contributed by atoms with van der Waals surface area (Å²) in [6.45, 7) is 4.29. The number of aromatic nitrogens is 2. The zero-order chi connectivity index (χ0) is 9.26. The molecule has 0 spiro atoms. The standard InChI is InChI=1S/C9H13N3O/c1-7-2-3-12(6-7)8-4-9(13)11-10-5-8/h4-5,7H,2-3,6H2,1H3,(H,11,13). The van der Waals surface area contributed by atoms with Crippen molar-refractivity contribution in [2.24, 2.45) is 5.92 Å². The van der Waals surface area contributed by atoms with Gasteiger partial charge in [0.1, 0.15) is 0 Å². The van der Waals surface area contributed by atoms with Crippen molar-refractivity contribution >= 4 is 5.69 Å². The predicted octanol–water partition coefficient (Wildman–Crippen LogP) is 0.616. The van der Waals surface area contributed by atoms with Crippen LogP contribution < -0.4 is 10.5 Å². The molecule has 0 bridgehead atoms. The van der Waals surface area contributed by atoms with Crippen molar-refractivity contribution < 1.29 is 0 Å². The van der Waals surface area contributed by atoms with Crippen LogP contribution in [0, 0.1) is 5.92 Å². The first-order valence-corrected chi connectivity index (χ1v) is 4.55. The minimum absolute atomic E-state index is 0.128. The fourth-order valence-corrected chi connectivity index (χ4v) is 1.71. The minimum atomic E-state index is -0.128. The van der Waals surface area contributed by atoms with Gasteiger partial charge in [0.25, 0.3) is 5.56 Å². The monoisotopic (exact) mass is 179 g/mol. The van der Waals surface area contributed by atoms with Crippen LogP contribution in [0.25, 0.3) is 0 Å². The fourth-order valence-electron chi connectivity index (χ4n) is 1.71. The summed E-state index contributed by atoms with van der Waals surface area (Å²) in [4.78, 5) is 13.2. The van der Waals surface area contributed by atoms with E-state index in [0.717, 1.165) is 24.7 Å². The Labute approximate surface area is 76.6 Å². The van der Waals surface area contributed by atoms with Crippen molar-refractivity contribution in [1.29, 1.82) is 0 Å². The molecule has 0 aliphatic carbocycles. The van der Waals surface area contributed by atoms with Gasteiger partial charge in [0, 0.05) is 19.2 Å². The lowest BCUT2D eigenvalue weighted by molar-refractivity contribution is 0.659. The largest absolute Gasteiger partial charge is 0.370 e. The van der Waals surface area contributed by atoms with Gasteiger partial charge in [0.15, 0.2) is 0 Å². The molecule has 0 amide bonds. The molecule has 1 fully saturated rings. The van der Waals surface area contributed by atoms with E-state index < -0.39 is 0 Å². The topological polar surface area (TPSA) is 49.0 Å². The molecule has 1 aliphatic heterocycles. The van der Waals surface area contributed by atoms with Gasteiger partial charge in [-0.15, -0.1) is 0 Å². The Hall–Kier alpha value is -1.32. The summed E-state index contributed by atoms with van der Waals surface area (Å²) in [5.41, 5.74) is 0.810. The number of nitrogens with one attached hydrogen (secondary N) is 1. The number of hydrogen-bond acceptors (Lipinski definition) is 3. The summed E-state index contributed by atoms with van der Waals surface area (Å²) < 4.78 is 0. The molecule has 13 heavy (non-hydrogen) atoms. The molecule has 1 atom stereocenters. The van der Waals surface area contributed by atoms with Crippen LogP contribution in [0.15, 0.2) is 17.1 Å². The molecule has 0 radical (unpaired) electrons. The van der Waals surface area contributed by atoms with Gasteiger partial charge in [-0.3, -0.25) is 4.79 Å². The second kappa shape index (κ2) is 3.20. The summed E-state index contributed by atoms with van der Waals surface area (Å²) in [6.07, 6.45) is 2.91. The molecule has 4 heteroatoms. The molecule has 4 nitrogen and oxygen atoms in total. The van der Waals surface area contributed by atoms with Crippen molar-refractivity contribution in [3.63, 3.8) is 0 Å². The zero-order valence-corrected chi connectivity index (χ0v) is 7.66. The van der Waals surface area contributed by atoms with Crippen LogP contribution >= 0.6 is 0 Å². The van der Waals surface area contributed by atoms with Crippen LogP contribution in [0.5, 0.6) is 0 Å². The van der Waals surface area contributed by atoms with Crippen LogP contribution in [0.4, 0.5) is 5.69 Å². The lowest BCUT2D eigenvalue weighted by Crippen LogP contribution is -2.21. The molecule has 2 heterocycles. The number of anilines is 1. The molecular weight excluding hydrogens is 166 g/mol.